The first-order valence-electron chi connectivity index (χ1n) is 30.5. The number of rotatable bonds is 5. The average molecular weight is 1120 g/mol. The maximum atomic E-state index is 7.59. The third-order valence-corrected chi connectivity index (χ3v) is 19.9. The first-order chi connectivity index (χ1) is 39.8. The highest BCUT2D eigenvalue weighted by Crippen LogP contribution is 2.56. The van der Waals surface area contributed by atoms with Crippen LogP contribution < -0.4 is 21.3 Å². The van der Waals surface area contributed by atoms with Crippen molar-refractivity contribution >= 4 is 107 Å². The average Bonchev–Trinajstić information content (AvgIpc) is 1.20. The topological polar surface area (TPSA) is 39.1 Å². The summed E-state index contributed by atoms with van der Waals surface area (Å²) in [5.74, 6) is 1.47. The number of fused-ring (bicyclic) bond motifs is 13. The molecule has 0 radical (unpaired) electrons. The summed E-state index contributed by atoms with van der Waals surface area (Å²) < 4.78 is 12.7. The molecule has 0 atom stereocenters. The molecule has 3 aliphatic heterocycles. The van der Waals surface area contributed by atoms with Gasteiger partial charge >= 0.3 is 0 Å². The van der Waals surface area contributed by atoms with E-state index in [2.05, 4.69) is 276 Å². The minimum absolute atomic E-state index is 0.0180. The highest BCUT2D eigenvalue weighted by molar-refractivity contribution is 7.99. The first kappa shape index (κ1) is 53.0. The predicted molar refractivity (Wildman–Crippen MR) is 360 cm³/mol. The molecule has 0 unspecified atom stereocenters. The van der Waals surface area contributed by atoms with E-state index in [0.717, 1.165) is 55.5 Å². The summed E-state index contributed by atoms with van der Waals surface area (Å²) in [5, 5.41) is 4.79. The molecule has 0 spiro atoms. The molecular weight excluding hydrogens is 1040 g/mol. The number of furan rings is 1. The van der Waals surface area contributed by atoms with E-state index in [9.17, 15) is 0 Å². The molecule has 15 rings (SSSR count). The van der Waals surface area contributed by atoms with Crippen LogP contribution >= 0.6 is 11.8 Å². The lowest BCUT2D eigenvalue weighted by Gasteiger charge is -2.45. The van der Waals surface area contributed by atoms with Gasteiger partial charge < -0.3 is 13.9 Å². The van der Waals surface area contributed by atoms with Crippen LogP contribution in [0, 0.1) is 0 Å². The molecule has 0 fully saturated rings. The van der Waals surface area contributed by atoms with Crippen molar-refractivity contribution in [1.82, 2.24) is 14.1 Å². The van der Waals surface area contributed by atoms with Crippen molar-refractivity contribution in [2.75, 3.05) is 4.90 Å². The highest BCUT2D eigenvalue weighted by Gasteiger charge is 2.46. The highest BCUT2D eigenvalue weighted by atomic mass is 32.2. The number of hydrogen-bond donors (Lipinski definition) is 0. The van der Waals surface area contributed by atoms with Crippen molar-refractivity contribution in [3.05, 3.63) is 185 Å². The lowest BCUT2D eigenvalue weighted by Crippen LogP contribution is -2.61. The van der Waals surface area contributed by atoms with Gasteiger partial charge in [-0.15, -0.1) is 0 Å². The second-order valence-corrected chi connectivity index (χ2v) is 30.3. The molecule has 12 aromatic rings. The Kier molecular flexibility index (Phi) is 11.3. The minimum Gasteiger partial charge on any atom is -0.455 e. The fourth-order valence-electron chi connectivity index (χ4n) is 14.2. The van der Waals surface area contributed by atoms with E-state index >= 15 is 0 Å². The lowest BCUT2D eigenvalue weighted by molar-refractivity contribution is 0.588. The summed E-state index contributed by atoms with van der Waals surface area (Å²) in [5.41, 5.74) is 27.5. The van der Waals surface area contributed by atoms with Gasteiger partial charge in [0.1, 0.15) is 17.0 Å². The first-order valence-corrected chi connectivity index (χ1v) is 31.3. The van der Waals surface area contributed by atoms with Crippen molar-refractivity contribution in [3.8, 4) is 33.9 Å². The normalized spacial score (nSPS) is 14.1. The minimum atomic E-state index is -0.0893. The molecular formula is C77H75BN4OS. The summed E-state index contributed by atoms with van der Waals surface area (Å²) in [6.07, 6.45) is 0. The Bertz CT molecular complexity index is 4790. The quantitative estimate of drug-likeness (QED) is 0.161. The Morgan fingerprint density at radius 3 is 1.70 bits per heavy atom. The molecule has 0 N–H and O–H groups in total. The van der Waals surface area contributed by atoms with Gasteiger partial charge in [0.2, 0.25) is 0 Å². The monoisotopic (exact) mass is 1110 g/mol. The van der Waals surface area contributed by atoms with Crippen LogP contribution in [0.25, 0.3) is 88.7 Å². The van der Waals surface area contributed by atoms with E-state index in [4.69, 9.17) is 9.40 Å². The zero-order valence-electron chi connectivity index (χ0n) is 51.8. The number of hydrogen-bond acceptors (Lipinski definition) is 4. The van der Waals surface area contributed by atoms with Crippen LogP contribution in [-0.2, 0) is 21.7 Å². The fraction of sp³-hybridized carbons (Fsp3) is 0.286. The molecule has 0 bridgehead atoms. The molecule has 3 aliphatic rings. The van der Waals surface area contributed by atoms with Crippen molar-refractivity contribution in [2.45, 2.75) is 154 Å². The number of aromatic nitrogens is 3. The summed E-state index contributed by atoms with van der Waals surface area (Å²) in [6.45, 7) is 37.5. The van der Waals surface area contributed by atoms with Gasteiger partial charge in [0.25, 0.3) is 6.71 Å². The SMILES string of the molecule is CC(C)c1cccc(C(C)C)c1-n1c(-c2cccc3c2oc2c(-c4cc5c6c(c4)-n4c7ccc(C(C)(C)C)cc7c7cc(C(C)(C)C)cc(c74)B6c4cc(C(C)(C)C)cc6c4N5c4ccc(C(C)(C)C)cc4S6)cccc23)nc2ccccc21. The molecule has 0 aliphatic carbocycles. The molecule has 5 nitrogen and oxygen atoms in total. The van der Waals surface area contributed by atoms with Gasteiger partial charge in [-0.3, -0.25) is 4.57 Å². The number of para-hydroxylation sites is 5. The van der Waals surface area contributed by atoms with Crippen LogP contribution in [-0.4, -0.2) is 20.8 Å². The number of anilines is 3. The van der Waals surface area contributed by atoms with Gasteiger partial charge in [-0.2, -0.15) is 0 Å². The Balaban J connectivity index is 1.05. The fourth-order valence-corrected chi connectivity index (χ4v) is 15.4. The number of benzene rings is 9. The van der Waals surface area contributed by atoms with Crippen molar-refractivity contribution in [2.24, 2.45) is 0 Å². The van der Waals surface area contributed by atoms with E-state index in [1.165, 1.54) is 110 Å². The van der Waals surface area contributed by atoms with Gasteiger partial charge in [0.15, 0.2) is 0 Å². The Hall–Kier alpha value is -7.74. The Labute approximate surface area is 500 Å². The molecule has 7 heteroatoms. The van der Waals surface area contributed by atoms with E-state index in [1.54, 1.807) is 0 Å². The number of imidazole rings is 1. The van der Waals surface area contributed by atoms with Crippen LogP contribution in [0.1, 0.15) is 156 Å². The van der Waals surface area contributed by atoms with Gasteiger partial charge in [0.05, 0.1) is 39.2 Å². The molecule has 0 saturated carbocycles. The smallest absolute Gasteiger partial charge is 0.252 e. The van der Waals surface area contributed by atoms with Gasteiger partial charge in [-0.05, 0) is 156 Å². The maximum absolute atomic E-state index is 7.59. The maximum Gasteiger partial charge on any atom is 0.252 e. The van der Waals surface area contributed by atoms with E-state index < -0.39 is 0 Å². The van der Waals surface area contributed by atoms with Crippen molar-refractivity contribution in [1.29, 1.82) is 0 Å². The summed E-state index contributed by atoms with van der Waals surface area (Å²) in [7, 11) is 0. The molecule has 0 amide bonds. The predicted octanol–water partition coefficient (Wildman–Crippen LogP) is 19.9. The summed E-state index contributed by atoms with van der Waals surface area (Å²) >= 11 is 1.95. The van der Waals surface area contributed by atoms with E-state index in [-0.39, 0.29) is 28.4 Å². The standard InChI is InChI=1S/C77H75BN4OS/c1-42(2)49-22-19-23-50(43(3)4)68(49)82-61-29-18-17-28-59(61)79-73(82)54-27-21-26-53-52-25-20-24-51(71(52)83-72(53)54)44-34-63-67-64(35-44)81-62-33-31-46(75(8,9)10)40-65(62)84-66-41-48(77(14,15)16)39-58(70(66)81)78(67)57-38-47(76(11,12)13)37-56-55-36-45(74(5,6)7)30-32-60(55)80(63)69(56)57/h17-43H,1-16H3. The molecule has 3 aromatic heterocycles. The summed E-state index contributed by atoms with van der Waals surface area (Å²) in [6, 6.07) is 58.7. The third-order valence-electron chi connectivity index (χ3n) is 18.8. The molecule has 418 valence electrons. The second-order valence-electron chi connectivity index (χ2n) is 29.2. The van der Waals surface area contributed by atoms with E-state index in [0.29, 0.717) is 11.8 Å². The van der Waals surface area contributed by atoms with E-state index in [1.807, 2.05) is 11.8 Å². The Morgan fingerprint density at radius 2 is 1.02 bits per heavy atom. The van der Waals surface area contributed by atoms with Crippen molar-refractivity contribution in [3.63, 3.8) is 0 Å². The van der Waals surface area contributed by atoms with Crippen LogP contribution in [0.3, 0.4) is 0 Å². The Morgan fingerprint density at radius 1 is 0.452 bits per heavy atom. The molecule has 84 heavy (non-hydrogen) atoms. The van der Waals surface area contributed by atoms with Crippen LogP contribution in [0.15, 0.2) is 166 Å². The molecule has 0 saturated heterocycles. The summed E-state index contributed by atoms with van der Waals surface area (Å²) in [4.78, 5) is 10.8. The van der Waals surface area contributed by atoms with Crippen molar-refractivity contribution < 1.29 is 4.42 Å². The second kappa shape index (κ2) is 17.9. The molecule has 6 heterocycles. The van der Waals surface area contributed by atoms with Gasteiger partial charge in [-0.25, -0.2) is 4.98 Å². The van der Waals surface area contributed by atoms with Crippen LogP contribution in [0.2, 0.25) is 0 Å². The van der Waals surface area contributed by atoms with Gasteiger partial charge in [0, 0.05) is 53.8 Å². The zero-order valence-corrected chi connectivity index (χ0v) is 52.6. The van der Waals surface area contributed by atoms with Crippen LogP contribution in [0.4, 0.5) is 17.1 Å². The third kappa shape index (κ3) is 7.72. The van der Waals surface area contributed by atoms with Gasteiger partial charge in [-0.1, -0.05) is 207 Å². The lowest BCUT2D eigenvalue weighted by atomic mass is 9.33. The number of nitrogens with zero attached hydrogens (tertiary/aromatic N) is 4. The van der Waals surface area contributed by atoms with Crippen LogP contribution in [0.5, 0.6) is 0 Å². The largest absolute Gasteiger partial charge is 0.455 e. The molecule has 9 aromatic carbocycles. The zero-order chi connectivity index (χ0) is 58.6.